The predicted molar refractivity (Wildman–Crippen MR) is 90.1 cm³/mol. The molecule has 3 aromatic rings. The van der Waals surface area contributed by atoms with Gasteiger partial charge in [-0.25, -0.2) is 22.9 Å². The maximum Gasteiger partial charge on any atom is 0.348 e. The summed E-state index contributed by atoms with van der Waals surface area (Å²) >= 11 is 0.974. The Labute approximate surface area is 149 Å². The maximum atomic E-state index is 13.8. The van der Waals surface area contributed by atoms with Gasteiger partial charge in [-0.3, -0.25) is 4.79 Å². The highest BCUT2D eigenvalue weighted by molar-refractivity contribution is 7.20. The molecule has 5 nitrogen and oxygen atoms in total. The third-order valence-corrected chi connectivity index (χ3v) is 4.90. The number of esters is 1. The minimum atomic E-state index is -1.32. The zero-order valence-corrected chi connectivity index (χ0v) is 14.6. The first kappa shape index (κ1) is 18.1. The second-order valence-corrected chi connectivity index (χ2v) is 6.51. The molecule has 9 heteroatoms. The molecule has 26 heavy (non-hydrogen) atoms. The minimum Gasteiger partial charge on any atom is -0.462 e. The molecule has 136 valence electrons. The number of carbonyl (C=O) groups is 1. The fraction of sp³-hybridized carbons (Fsp3) is 0.235. The van der Waals surface area contributed by atoms with E-state index in [9.17, 15) is 22.8 Å². The average molecular weight is 382 g/mol. The molecule has 2 heterocycles. The molecule has 0 spiro atoms. The smallest absolute Gasteiger partial charge is 0.348 e. The second-order valence-electron chi connectivity index (χ2n) is 5.51. The number of aryl methyl sites for hydroxylation is 1. The van der Waals surface area contributed by atoms with Gasteiger partial charge in [0.1, 0.15) is 21.3 Å². The van der Waals surface area contributed by atoms with Crippen molar-refractivity contribution in [2.45, 2.75) is 20.3 Å². The number of aromatic nitrogens is 2. The van der Waals surface area contributed by atoms with Crippen LogP contribution in [-0.2, 0) is 11.2 Å². The number of fused-ring (bicyclic) bond motifs is 1. The molecule has 0 atom stereocenters. The normalized spacial score (nSPS) is 11.1. The van der Waals surface area contributed by atoms with Crippen LogP contribution in [0.25, 0.3) is 10.2 Å². The second kappa shape index (κ2) is 6.91. The lowest BCUT2D eigenvalue weighted by Crippen LogP contribution is -2.13. The van der Waals surface area contributed by atoms with Crippen LogP contribution in [0.2, 0.25) is 0 Å². The molecule has 0 radical (unpaired) electrons. The van der Waals surface area contributed by atoms with Crippen LogP contribution in [-0.4, -0.2) is 22.5 Å². The Morgan fingerprint density at radius 1 is 1.31 bits per heavy atom. The van der Waals surface area contributed by atoms with Crippen molar-refractivity contribution in [1.29, 1.82) is 0 Å². The average Bonchev–Trinajstić information content (AvgIpc) is 2.89. The van der Waals surface area contributed by atoms with E-state index in [0.717, 1.165) is 17.4 Å². The lowest BCUT2D eigenvalue weighted by molar-refractivity contribution is 0.0531. The van der Waals surface area contributed by atoms with Crippen molar-refractivity contribution < 1.29 is 22.7 Å². The molecule has 0 aliphatic carbocycles. The molecule has 3 rings (SSSR count). The highest BCUT2D eigenvalue weighted by Gasteiger charge is 2.21. The Morgan fingerprint density at radius 2 is 2.04 bits per heavy atom. The molecule has 0 saturated heterocycles. The number of ether oxygens (including phenoxy) is 1. The first-order chi connectivity index (χ1) is 12.3. The molecular weight excluding hydrogens is 369 g/mol. The number of thiophene rings is 1. The zero-order valence-electron chi connectivity index (χ0n) is 13.8. The molecule has 1 aromatic carbocycles. The van der Waals surface area contributed by atoms with E-state index in [1.807, 2.05) is 0 Å². The number of hydrogen-bond acceptors (Lipinski definition) is 5. The van der Waals surface area contributed by atoms with Gasteiger partial charge >= 0.3 is 5.97 Å². The number of benzene rings is 1. The molecule has 0 unspecified atom stereocenters. The van der Waals surface area contributed by atoms with Gasteiger partial charge in [-0.15, -0.1) is 11.3 Å². The fourth-order valence-electron chi connectivity index (χ4n) is 2.58. The highest BCUT2D eigenvalue weighted by atomic mass is 32.1. The molecule has 1 N–H and O–H groups in total. The molecule has 0 amide bonds. The van der Waals surface area contributed by atoms with E-state index in [0.29, 0.717) is 11.6 Å². The highest BCUT2D eigenvalue weighted by Crippen LogP contribution is 2.28. The van der Waals surface area contributed by atoms with Gasteiger partial charge in [0.25, 0.3) is 5.56 Å². The number of halogens is 3. The number of carbonyl (C=O) groups excluding carboxylic acids is 1. The van der Waals surface area contributed by atoms with Crippen LogP contribution in [0.1, 0.15) is 33.5 Å². The largest absolute Gasteiger partial charge is 0.462 e. The number of rotatable bonds is 4. The van der Waals surface area contributed by atoms with Gasteiger partial charge in [-0.05, 0) is 25.5 Å². The number of aromatic amines is 1. The van der Waals surface area contributed by atoms with Crippen LogP contribution in [0.15, 0.2) is 16.9 Å². The molecule has 0 aliphatic rings. The van der Waals surface area contributed by atoms with Gasteiger partial charge in [-0.2, -0.15) is 0 Å². The third-order valence-electron chi connectivity index (χ3n) is 3.74. The Kier molecular flexibility index (Phi) is 4.82. The molecular formula is C17H13F3N2O3S. The number of nitrogens with zero attached hydrogens (tertiary/aromatic N) is 1. The van der Waals surface area contributed by atoms with E-state index in [4.69, 9.17) is 4.74 Å². The topological polar surface area (TPSA) is 72.0 Å². The van der Waals surface area contributed by atoms with Gasteiger partial charge < -0.3 is 9.72 Å². The molecule has 0 bridgehead atoms. The summed E-state index contributed by atoms with van der Waals surface area (Å²) in [6, 6.07) is 1.28. The van der Waals surface area contributed by atoms with Crippen molar-refractivity contribution in [1.82, 2.24) is 9.97 Å². The number of nitrogens with one attached hydrogen (secondary N) is 1. The fourth-order valence-corrected chi connectivity index (χ4v) is 3.68. The lowest BCUT2D eigenvalue weighted by Gasteiger charge is -2.04. The van der Waals surface area contributed by atoms with E-state index >= 15 is 0 Å². The first-order valence-corrected chi connectivity index (χ1v) is 8.46. The number of H-pyrrole nitrogens is 1. The van der Waals surface area contributed by atoms with Crippen molar-refractivity contribution in [3.05, 3.63) is 61.8 Å². The van der Waals surface area contributed by atoms with E-state index < -0.39 is 29.0 Å². The minimum absolute atomic E-state index is 0.0306. The zero-order chi connectivity index (χ0) is 19.0. The van der Waals surface area contributed by atoms with Crippen molar-refractivity contribution in [3.63, 3.8) is 0 Å². The Morgan fingerprint density at radius 3 is 2.73 bits per heavy atom. The maximum absolute atomic E-state index is 13.8. The van der Waals surface area contributed by atoms with Crippen LogP contribution < -0.4 is 5.56 Å². The van der Waals surface area contributed by atoms with Crippen molar-refractivity contribution in [2.75, 3.05) is 6.61 Å². The van der Waals surface area contributed by atoms with Crippen molar-refractivity contribution in [2.24, 2.45) is 0 Å². The predicted octanol–water partition coefficient (Wildman–Crippen LogP) is 3.48. The Hall–Kier alpha value is -2.68. The summed E-state index contributed by atoms with van der Waals surface area (Å²) < 4.78 is 45.4. The molecule has 0 saturated carbocycles. The standard InChI is InChI=1S/C17H13F3N2O3S/c1-3-25-17(24)14-7(2)12-15(23)21-11(22-16(12)26-14)5-8-4-9(18)6-10(19)13(8)20/h4,6H,3,5H2,1-2H3,(H,21,22,23). The third kappa shape index (κ3) is 3.22. The van der Waals surface area contributed by atoms with Gasteiger partial charge in [0, 0.05) is 18.1 Å². The van der Waals surface area contributed by atoms with Crippen LogP contribution in [0, 0.1) is 24.4 Å². The summed E-state index contributed by atoms with van der Waals surface area (Å²) in [4.78, 5) is 31.5. The van der Waals surface area contributed by atoms with E-state index in [2.05, 4.69) is 9.97 Å². The van der Waals surface area contributed by atoms with E-state index in [-0.39, 0.29) is 39.5 Å². The van der Waals surface area contributed by atoms with Crippen molar-refractivity contribution >= 4 is 27.5 Å². The van der Waals surface area contributed by atoms with Gasteiger partial charge in [0.05, 0.1) is 12.0 Å². The number of hydrogen-bond donors (Lipinski definition) is 1. The van der Waals surface area contributed by atoms with Crippen LogP contribution in [0.5, 0.6) is 0 Å². The van der Waals surface area contributed by atoms with Crippen LogP contribution in [0.3, 0.4) is 0 Å². The quantitative estimate of drug-likeness (QED) is 0.554. The van der Waals surface area contributed by atoms with Gasteiger partial charge in [0.15, 0.2) is 11.6 Å². The molecule has 0 fully saturated rings. The van der Waals surface area contributed by atoms with E-state index in [1.165, 1.54) is 0 Å². The van der Waals surface area contributed by atoms with Crippen LogP contribution in [0.4, 0.5) is 13.2 Å². The van der Waals surface area contributed by atoms with Gasteiger partial charge in [-0.1, -0.05) is 0 Å². The SMILES string of the molecule is CCOC(=O)c1sc2nc(Cc3cc(F)cc(F)c3F)[nH]c(=O)c2c1C. The van der Waals surface area contributed by atoms with Gasteiger partial charge in [0.2, 0.25) is 0 Å². The summed E-state index contributed by atoms with van der Waals surface area (Å²) in [6.07, 6.45) is -0.308. The first-order valence-electron chi connectivity index (χ1n) is 7.64. The molecule has 2 aromatic heterocycles. The van der Waals surface area contributed by atoms with Crippen molar-refractivity contribution in [3.8, 4) is 0 Å². The Balaban J connectivity index is 2.07. The summed E-state index contributed by atoms with van der Waals surface area (Å²) in [5, 5.41) is 0.229. The van der Waals surface area contributed by atoms with Crippen LogP contribution >= 0.6 is 11.3 Å². The summed E-state index contributed by atoms with van der Waals surface area (Å²) in [5.41, 5.74) is -0.359. The summed E-state index contributed by atoms with van der Waals surface area (Å²) in [6.45, 7) is 3.45. The monoisotopic (exact) mass is 382 g/mol. The lowest BCUT2D eigenvalue weighted by atomic mass is 10.1. The Bertz CT molecular complexity index is 1080. The summed E-state index contributed by atoms with van der Waals surface area (Å²) in [7, 11) is 0. The molecule has 0 aliphatic heterocycles. The van der Waals surface area contributed by atoms with E-state index in [1.54, 1.807) is 13.8 Å². The summed E-state index contributed by atoms with van der Waals surface area (Å²) in [5.74, 6) is -3.99.